The number of hydrogen-bond donors (Lipinski definition) is 2. The highest BCUT2D eigenvalue weighted by atomic mass is 32.2. The van der Waals surface area contributed by atoms with Gasteiger partial charge in [-0.15, -0.1) is 0 Å². The van der Waals surface area contributed by atoms with Gasteiger partial charge in [0.05, 0.1) is 19.1 Å². The molecular weight excluding hydrogens is 340 g/mol. The van der Waals surface area contributed by atoms with Gasteiger partial charge in [-0.2, -0.15) is 0 Å². The van der Waals surface area contributed by atoms with Gasteiger partial charge in [0, 0.05) is 23.8 Å². The standard InChI is InChI=1S/C18H20N2O4S/c1-12-8-14-9-13(4-6-16(14)20-12)11-19-25(21,22)15-5-7-17(23-2)18(10-15)24-3/h4-10,19-20H,11H2,1-3H3. The normalized spacial score (nSPS) is 11.6. The molecule has 7 heteroatoms. The van der Waals surface area contributed by atoms with Crippen molar-refractivity contribution in [3.8, 4) is 11.5 Å². The number of nitrogens with one attached hydrogen (secondary N) is 2. The predicted molar refractivity (Wildman–Crippen MR) is 96.6 cm³/mol. The summed E-state index contributed by atoms with van der Waals surface area (Å²) in [6.07, 6.45) is 0. The largest absolute Gasteiger partial charge is 0.493 e. The first-order valence-corrected chi connectivity index (χ1v) is 9.21. The van der Waals surface area contributed by atoms with E-state index >= 15 is 0 Å². The van der Waals surface area contributed by atoms with Crippen molar-refractivity contribution >= 4 is 20.9 Å². The van der Waals surface area contributed by atoms with Crippen LogP contribution in [-0.4, -0.2) is 27.6 Å². The van der Waals surface area contributed by atoms with Gasteiger partial charge in [0.25, 0.3) is 0 Å². The summed E-state index contributed by atoms with van der Waals surface area (Å²) in [5.74, 6) is 0.851. The number of methoxy groups -OCH3 is 2. The van der Waals surface area contributed by atoms with E-state index in [1.165, 1.54) is 26.4 Å². The van der Waals surface area contributed by atoms with Crippen LogP contribution in [0.5, 0.6) is 11.5 Å². The van der Waals surface area contributed by atoms with Crippen molar-refractivity contribution in [2.45, 2.75) is 18.4 Å². The SMILES string of the molecule is COc1ccc(S(=O)(=O)NCc2ccc3[nH]c(C)cc3c2)cc1OC. The van der Waals surface area contributed by atoms with Crippen molar-refractivity contribution in [1.29, 1.82) is 0 Å². The number of hydrogen-bond acceptors (Lipinski definition) is 4. The van der Waals surface area contributed by atoms with Gasteiger partial charge in [-0.25, -0.2) is 13.1 Å². The van der Waals surface area contributed by atoms with Gasteiger partial charge in [0.1, 0.15) is 0 Å². The zero-order valence-corrected chi connectivity index (χ0v) is 15.1. The van der Waals surface area contributed by atoms with E-state index in [2.05, 4.69) is 9.71 Å². The van der Waals surface area contributed by atoms with Crippen molar-refractivity contribution in [2.75, 3.05) is 14.2 Å². The number of benzene rings is 2. The van der Waals surface area contributed by atoms with Crippen LogP contribution in [0.2, 0.25) is 0 Å². The molecule has 3 rings (SSSR count). The molecule has 6 nitrogen and oxygen atoms in total. The van der Waals surface area contributed by atoms with Crippen LogP contribution >= 0.6 is 0 Å². The predicted octanol–water partition coefficient (Wildman–Crippen LogP) is 2.97. The number of H-pyrrole nitrogens is 1. The highest BCUT2D eigenvalue weighted by Crippen LogP contribution is 2.29. The first-order chi connectivity index (χ1) is 11.9. The Balaban J connectivity index is 1.80. The van der Waals surface area contributed by atoms with Crippen molar-refractivity contribution in [3.63, 3.8) is 0 Å². The lowest BCUT2D eigenvalue weighted by Crippen LogP contribution is -2.23. The molecule has 132 valence electrons. The van der Waals surface area contributed by atoms with Crippen LogP contribution in [0.1, 0.15) is 11.3 Å². The first kappa shape index (κ1) is 17.3. The minimum absolute atomic E-state index is 0.128. The molecule has 0 aliphatic rings. The summed E-state index contributed by atoms with van der Waals surface area (Å²) in [4.78, 5) is 3.37. The van der Waals surface area contributed by atoms with Gasteiger partial charge < -0.3 is 14.5 Å². The highest BCUT2D eigenvalue weighted by Gasteiger charge is 2.17. The molecular formula is C18H20N2O4S. The van der Waals surface area contributed by atoms with Crippen LogP contribution in [0.25, 0.3) is 10.9 Å². The molecule has 3 aromatic rings. The lowest BCUT2D eigenvalue weighted by Gasteiger charge is -2.11. The summed E-state index contributed by atoms with van der Waals surface area (Å²) >= 11 is 0. The van der Waals surface area contributed by atoms with Crippen LogP contribution in [-0.2, 0) is 16.6 Å². The topological polar surface area (TPSA) is 80.4 Å². The lowest BCUT2D eigenvalue weighted by molar-refractivity contribution is 0.354. The fraction of sp³-hybridized carbons (Fsp3) is 0.222. The van der Waals surface area contributed by atoms with E-state index in [1.807, 2.05) is 31.2 Å². The van der Waals surface area contributed by atoms with Gasteiger partial charge >= 0.3 is 0 Å². The summed E-state index contributed by atoms with van der Waals surface area (Å²) in [5.41, 5.74) is 2.98. The molecule has 0 fully saturated rings. The van der Waals surface area contributed by atoms with E-state index in [4.69, 9.17) is 9.47 Å². The number of aromatic amines is 1. The van der Waals surface area contributed by atoms with Crippen molar-refractivity contribution < 1.29 is 17.9 Å². The molecule has 1 heterocycles. The Bertz CT molecular complexity index is 1010. The van der Waals surface area contributed by atoms with Crippen LogP contribution in [0.15, 0.2) is 47.4 Å². The molecule has 0 bridgehead atoms. The van der Waals surface area contributed by atoms with Gasteiger partial charge in [-0.1, -0.05) is 6.07 Å². The zero-order valence-electron chi connectivity index (χ0n) is 14.3. The molecule has 0 spiro atoms. The summed E-state index contributed by atoms with van der Waals surface area (Å²) in [5, 5.41) is 1.06. The van der Waals surface area contributed by atoms with Gasteiger partial charge in [-0.3, -0.25) is 0 Å². The van der Waals surface area contributed by atoms with Gasteiger partial charge in [0.2, 0.25) is 10.0 Å². The van der Waals surface area contributed by atoms with Crippen molar-refractivity contribution in [2.24, 2.45) is 0 Å². The third-order valence-electron chi connectivity index (χ3n) is 3.95. The second-order valence-electron chi connectivity index (χ2n) is 5.72. The van der Waals surface area contributed by atoms with Gasteiger partial charge in [0.15, 0.2) is 11.5 Å². The molecule has 2 aromatic carbocycles. The van der Waals surface area contributed by atoms with Crippen molar-refractivity contribution in [3.05, 3.63) is 53.7 Å². The van der Waals surface area contributed by atoms with Crippen LogP contribution in [0, 0.1) is 6.92 Å². The fourth-order valence-electron chi connectivity index (χ4n) is 2.68. The summed E-state index contributed by atoms with van der Waals surface area (Å²) < 4.78 is 38.0. The van der Waals surface area contributed by atoms with Crippen LogP contribution in [0.4, 0.5) is 0 Å². The number of sulfonamides is 1. The Hall–Kier alpha value is -2.51. The molecule has 0 atom stereocenters. The maximum Gasteiger partial charge on any atom is 0.241 e. The molecule has 0 saturated heterocycles. The first-order valence-electron chi connectivity index (χ1n) is 7.73. The lowest BCUT2D eigenvalue weighted by atomic mass is 10.1. The number of fused-ring (bicyclic) bond motifs is 1. The number of ether oxygens (including phenoxy) is 2. The zero-order chi connectivity index (χ0) is 18.0. The summed E-state index contributed by atoms with van der Waals surface area (Å²) in [7, 11) is -0.686. The molecule has 0 radical (unpaired) electrons. The molecule has 1 aromatic heterocycles. The Kier molecular flexibility index (Phi) is 4.69. The molecule has 25 heavy (non-hydrogen) atoms. The van der Waals surface area contributed by atoms with E-state index in [0.717, 1.165) is 22.2 Å². The van der Waals surface area contributed by atoms with E-state index in [9.17, 15) is 8.42 Å². The smallest absolute Gasteiger partial charge is 0.241 e. The Morgan fingerprint density at radius 2 is 1.76 bits per heavy atom. The summed E-state index contributed by atoms with van der Waals surface area (Å²) in [6.45, 7) is 2.19. The Morgan fingerprint density at radius 1 is 1.00 bits per heavy atom. The van der Waals surface area contributed by atoms with Gasteiger partial charge in [-0.05, 0) is 48.2 Å². The maximum absolute atomic E-state index is 12.5. The summed E-state index contributed by atoms with van der Waals surface area (Å²) in [6, 6.07) is 12.3. The molecule has 0 aliphatic heterocycles. The third-order valence-corrected chi connectivity index (χ3v) is 5.35. The minimum Gasteiger partial charge on any atom is -0.493 e. The van der Waals surface area contributed by atoms with E-state index in [1.54, 1.807) is 6.07 Å². The molecule has 0 unspecified atom stereocenters. The average Bonchev–Trinajstić information content (AvgIpc) is 2.98. The van der Waals surface area contributed by atoms with E-state index in [0.29, 0.717) is 11.5 Å². The van der Waals surface area contributed by atoms with E-state index < -0.39 is 10.0 Å². The molecule has 0 saturated carbocycles. The fourth-order valence-corrected chi connectivity index (χ4v) is 3.72. The maximum atomic E-state index is 12.5. The quantitative estimate of drug-likeness (QED) is 0.708. The van der Waals surface area contributed by atoms with Crippen molar-refractivity contribution in [1.82, 2.24) is 9.71 Å². The second kappa shape index (κ2) is 6.78. The third kappa shape index (κ3) is 3.62. The molecule has 0 aliphatic carbocycles. The average molecular weight is 360 g/mol. The van der Waals surface area contributed by atoms with Crippen LogP contribution in [0.3, 0.4) is 0 Å². The molecule has 2 N–H and O–H groups in total. The molecule has 0 amide bonds. The number of aryl methyl sites for hydroxylation is 1. The monoisotopic (exact) mass is 360 g/mol. The highest BCUT2D eigenvalue weighted by molar-refractivity contribution is 7.89. The Morgan fingerprint density at radius 3 is 2.48 bits per heavy atom. The van der Waals surface area contributed by atoms with Crippen LogP contribution < -0.4 is 14.2 Å². The number of aromatic nitrogens is 1. The number of rotatable bonds is 6. The Labute approximate surface area is 146 Å². The van der Waals surface area contributed by atoms with E-state index in [-0.39, 0.29) is 11.4 Å². The minimum atomic E-state index is -3.66. The second-order valence-corrected chi connectivity index (χ2v) is 7.48.